The van der Waals surface area contributed by atoms with Crippen molar-refractivity contribution in [2.24, 2.45) is 5.92 Å². The normalized spacial score (nSPS) is 26.3. The first-order valence-electron chi connectivity index (χ1n) is 4.77. The second-order valence-corrected chi connectivity index (χ2v) is 4.09. The summed E-state index contributed by atoms with van der Waals surface area (Å²) in [5.74, 6) is 0.486. The Labute approximate surface area is 80.5 Å². The van der Waals surface area contributed by atoms with Gasteiger partial charge < -0.3 is 5.11 Å². The molecule has 1 atom stereocenters. The summed E-state index contributed by atoms with van der Waals surface area (Å²) in [6, 6.07) is 0. The van der Waals surface area contributed by atoms with Crippen LogP contribution in [0.1, 0.15) is 27.7 Å². The Morgan fingerprint density at radius 2 is 1.92 bits per heavy atom. The van der Waals surface area contributed by atoms with Crippen LogP contribution in [0.25, 0.3) is 0 Å². The molecule has 0 heterocycles. The molecule has 1 aliphatic rings. The van der Waals surface area contributed by atoms with Crippen LogP contribution in [-0.4, -0.2) is 11.2 Å². The summed E-state index contributed by atoms with van der Waals surface area (Å²) < 4.78 is 0. The van der Waals surface area contributed by atoms with Crippen LogP contribution < -0.4 is 0 Å². The maximum Gasteiger partial charge on any atom is 0.0998 e. The zero-order chi connectivity index (χ0) is 10.0. The standard InChI is InChI=1S/C12H18O/c1-8(2)5-11-7-9(3)6-10(4)12(11)13/h5-8,12-13H,1-4H3. The third kappa shape index (κ3) is 2.56. The molecule has 13 heavy (non-hydrogen) atoms. The Bertz CT molecular complexity index is 279. The van der Waals surface area contributed by atoms with E-state index in [9.17, 15) is 5.11 Å². The summed E-state index contributed by atoms with van der Waals surface area (Å²) in [6.45, 7) is 8.27. The molecule has 0 spiro atoms. The van der Waals surface area contributed by atoms with Crippen LogP contribution in [0.2, 0.25) is 0 Å². The Hall–Kier alpha value is -0.820. The Balaban J connectivity index is 2.96. The minimum Gasteiger partial charge on any atom is -0.384 e. The smallest absolute Gasteiger partial charge is 0.0998 e. The molecule has 0 amide bonds. The van der Waals surface area contributed by atoms with Crippen LogP contribution >= 0.6 is 0 Å². The van der Waals surface area contributed by atoms with Gasteiger partial charge in [0.05, 0.1) is 6.10 Å². The predicted octanol–water partition coefficient (Wildman–Crippen LogP) is 2.84. The molecule has 1 N–H and O–H groups in total. The number of hydrogen-bond donors (Lipinski definition) is 1. The largest absolute Gasteiger partial charge is 0.384 e. The van der Waals surface area contributed by atoms with Crippen molar-refractivity contribution >= 4 is 0 Å². The van der Waals surface area contributed by atoms with Crippen LogP contribution in [0.4, 0.5) is 0 Å². The molecule has 1 rings (SSSR count). The lowest BCUT2D eigenvalue weighted by atomic mass is 9.92. The van der Waals surface area contributed by atoms with Crippen LogP contribution in [0, 0.1) is 5.92 Å². The van der Waals surface area contributed by atoms with Crippen molar-refractivity contribution in [2.75, 3.05) is 0 Å². The van der Waals surface area contributed by atoms with Gasteiger partial charge in [0, 0.05) is 0 Å². The van der Waals surface area contributed by atoms with Crippen LogP contribution in [-0.2, 0) is 0 Å². The average molecular weight is 178 g/mol. The molecule has 0 saturated carbocycles. The molecule has 1 unspecified atom stereocenters. The van der Waals surface area contributed by atoms with Crippen molar-refractivity contribution in [3.63, 3.8) is 0 Å². The first kappa shape index (κ1) is 10.3. The summed E-state index contributed by atoms with van der Waals surface area (Å²) in [5, 5.41) is 9.82. The van der Waals surface area contributed by atoms with E-state index in [0.717, 1.165) is 11.1 Å². The minimum absolute atomic E-state index is 0.397. The molecule has 0 fully saturated rings. The molecule has 1 nitrogen and oxygen atoms in total. The average Bonchev–Trinajstić information content (AvgIpc) is 1.98. The molecule has 0 saturated heterocycles. The summed E-state index contributed by atoms with van der Waals surface area (Å²) in [6.07, 6.45) is 5.80. The highest BCUT2D eigenvalue weighted by atomic mass is 16.3. The van der Waals surface area contributed by atoms with E-state index in [-0.39, 0.29) is 0 Å². The minimum atomic E-state index is -0.397. The van der Waals surface area contributed by atoms with E-state index in [1.165, 1.54) is 5.57 Å². The Morgan fingerprint density at radius 1 is 1.31 bits per heavy atom. The fourth-order valence-corrected chi connectivity index (χ4v) is 1.61. The van der Waals surface area contributed by atoms with Gasteiger partial charge in [-0.3, -0.25) is 0 Å². The maximum absolute atomic E-state index is 9.82. The van der Waals surface area contributed by atoms with Gasteiger partial charge in [0.1, 0.15) is 0 Å². The summed E-state index contributed by atoms with van der Waals surface area (Å²) in [7, 11) is 0. The van der Waals surface area contributed by atoms with Gasteiger partial charge in [-0.05, 0) is 30.9 Å². The van der Waals surface area contributed by atoms with Crippen molar-refractivity contribution in [1.29, 1.82) is 0 Å². The lowest BCUT2D eigenvalue weighted by Gasteiger charge is -2.19. The SMILES string of the molecule is CC1=CC(=CC(C)C)C(O)C(C)=C1. The van der Waals surface area contributed by atoms with Crippen LogP contribution in [0.15, 0.2) is 34.9 Å². The van der Waals surface area contributed by atoms with Gasteiger partial charge in [-0.1, -0.05) is 37.6 Å². The summed E-state index contributed by atoms with van der Waals surface area (Å²) >= 11 is 0. The van der Waals surface area contributed by atoms with Crippen LogP contribution in [0.3, 0.4) is 0 Å². The molecule has 0 aromatic carbocycles. The Morgan fingerprint density at radius 3 is 2.46 bits per heavy atom. The van der Waals surface area contributed by atoms with Crippen molar-refractivity contribution in [3.05, 3.63) is 34.9 Å². The third-order valence-electron chi connectivity index (χ3n) is 2.12. The monoisotopic (exact) mass is 178 g/mol. The zero-order valence-electron chi connectivity index (χ0n) is 8.83. The zero-order valence-corrected chi connectivity index (χ0v) is 8.83. The molecule has 1 heteroatoms. The van der Waals surface area contributed by atoms with Crippen molar-refractivity contribution in [2.45, 2.75) is 33.8 Å². The fraction of sp³-hybridized carbons (Fsp3) is 0.500. The highest BCUT2D eigenvalue weighted by Gasteiger charge is 2.15. The van der Waals surface area contributed by atoms with Crippen molar-refractivity contribution < 1.29 is 5.11 Å². The maximum atomic E-state index is 9.82. The first-order chi connectivity index (χ1) is 6.00. The highest BCUT2D eigenvalue weighted by Crippen LogP contribution is 2.23. The van der Waals surface area contributed by atoms with Gasteiger partial charge in [-0.15, -0.1) is 0 Å². The lowest BCUT2D eigenvalue weighted by molar-refractivity contribution is 0.248. The van der Waals surface area contributed by atoms with Crippen LogP contribution in [0.5, 0.6) is 0 Å². The van der Waals surface area contributed by atoms with E-state index >= 15 is 0 Å². The third-order valence-corrected chi connectivity index (χ3v) is 2.12. The molecule has 0 aliphatic heterocycles. The second kappa shape index (κ2) is 3.93. The fourth-order valence-electron chi connectivity index (χ4n) is 1.61. The molecule has 0 bridgehead atoms. The first-order valence-corrected chi connectivity index (χ1v) is 4.77. The number of aliphatic hydroxyl groups excluding tert-OH is 1. The van der Waals surface area contributed by atoms with E-state index in [1.807, 2.05) is 13.0 Å². The number of allylic oxidation sites excluding steroid dienone is 3. The van der Waals surface area contributed by atoms with Crippen molar-refractivity contribution in [3.8, 4) is 0 Å². The number of hydrogen-bond acceptors (Lipinski definition) is 1. The van der Waals surface area contributed by atoms with E-state index < -0.39 is 6.10 Å². The molecular formula is C12H18O. The van der Waals surface area contributed by atoms with E-state index in [1.54, 1.807) is 0 Å². The van der Waals surface area contributed by atoms with Crippen molar-refractivity contribution in [1.82, 2.24) is 0 Å². The predicted molar refractivity (Wildman–Crippen MR) is 56.4 cm³/mol. The molecule has 0 radical (unpaired) electrons. The highest BCUT2D eigenvalue weighted by molar-refractivity contribution is 5.43. The van der Waals surface area contributed by atoms with Gasteiger partial charge in [-0.2, -0.15) is 0 Å². The number of rotatable bonds is 1. The van der Waals surface area contributed by atoms with E-state index in [4.69, 9.17) is 0 Å². The van der Waals surface area contributed by atoms with Gasteiger partial charge >= 0.3 is 0 Å². The van der Waals surface area contributed by atoms with Gasteiger partial charge in [0.15, 0.2) is 0 Å². The van der Waals surface area contributed by atoms with Gasteiger partial charge in [-0.25, -0.2) is 0 Å². The molecular weight excluding hydrogens is 160 g/mol. The van der Waals surface area contributed by atoms with Gasteiger partial charge in [0.25, 0.3) is 0 Å². The van der Waals surface area contributed by atoms with E-state index in [2.05, 4.69) is 32.9 Å². The molecule has 0 aromatic rings. The molecule has 72 valence electrons. The van der Waals surface area contributed by atoms with E-state index in [0.29, 0.717) is 5.92 Å². The van der Waals surface area contributed by atoms with Gasteiger partial charge in [0.2, 0.25) is 0 Å². The topological polar surface area (TPSA) is 20.2 Å². The molecule has 0 aromatic heterocycles. The quantitative estimate of drug-likeness (QED) is 0.654. The lowest BCUT2D eigenvalue weighted by Crippen LogP contribution is -2.14. The summed E-state index contributed by atoms with van der Waals surface area (Å²) in [5.41, 5.74) is 3.29. The summed E-state index contributed by atoms with van der Waals surface area (Å²) in [4.78, 5) is 0. The number of aliphatic hydroxyl groups is 1. The second-order valence-electron chi connectivity index (χ2n) is 4.09. The molecule has 1 aliphatic carbocycles. The Kier molecular flexibility index (Phi) is 3.10.